The first-order valence-electron chi connectivity index (χ1n) is 7.92. The first-order valence-corrected chi connectivity index (χ1v) is 8.80. The van der Waals surface area contributed by atoms with Crippen molar-refractivity contribution in [3.8, 4) is 6.07 Å². The van der Waals surface area contributed by atoms with Gasteiger partial charge in [-0.1, -0.05) is 17.8 Å². The van der Waals surface area contributed by atoms with Crippen LogP contribution in [0, 0.1) is 11.3 Å². The van der Waals surface area contributed by atoms with Crippen molar-refractivity contribution in [2.45, 2.75) is 31.9 Å². The molecule has 2 heterocycles. The Morgan fingerprint density at radius 3 is 2.83 bits per heavy atom. The molecule has 7 heteroatoms. The van der Waals surface area contributed by atoms with Gasteiger partial charge in [-0.05, 0) is 38.8 Å². The molecule has 2 amide bonds. The lowest BCUT2D eigenvalue weighted by Crippen LogP contribution is -2.31. The second kappa shape index (κ2) is 8.50. The van der Waals surface area contributed by atoms with Gasteiger partial charge in [-0.2, -0.15) is 5.26 Å². The number of amides is 2. The molecule has 126 valence electrons. The molecule has 0 saturated carbocycles. The van der Waals surface area contributed by atoms with E-state index in [9.17, 15) is 14.9 Å². The summed E-state index contributed by atoms with van der Waals surface area (Å²) in [6.07, 6.45) is 3.03. The Morgan fingerprint density at radius 1 is 1.46 bits per heavy atom. The SMILES string of the molecule is CCNC(=O)C(C#N)=C1SC(CCc2ccccn2)C(=O)N1CC. The van der Waals surface area contributed by atoms with Crippen LogP contribution in [0.4, 0.5) is 0 Å². The summed E-state index contributed by atoms with van der Waals surface area (Å²) >= 11 is 1.30. The molecule has 0 bridgehead atoms. The Bertz CT molecular complexity index is 682. The zero-order chi connectivity index (χ0) is 17.5. The lowest BCUT2D eigenvalue weighted by atomic mass is 10.1. The van der Waals surface area contributed by atoms with E-state index in [1.54, 1.807) is 13.1 Å². The number of hydrogen-bond acceptors (Lipinski definition) is 5. The number of nitrogens with one attached hydrogen (secondary N) is 1. The number of aryl methyl sites for hydroxylation is 1. The Hall–Kier alpha value is -2.33. The zero-order valence-corrected chi connectivity index (χ0v) is 14.6. The molecule has 1 unspecified atom stereocenters. The number of rotatable bonds is 6. The quantitative estimate of drug-likeness (QED) is 0.629. The topological polar surface area (TPSA) is 86.1 Å². The molecule has 0 aliphatic carbocycles. The van der Waals surface area contributed by atoms with Crippen molar-refractivity contribution in [1.82, 2.24) is 15.2 Å². The number of aromatic nitrogens is 1. The second-order valence-electron chi connectivity index (χ2n) is 5.20. The van der Waals surface area contributed by atoms with Crippen LogP contribution in [-0.4, -0.2) is 40.0 Å². The lowest BCUT2D eigenvalue weighted by Gasteiger charge is -2.15. The minimum absolute atomic E-state index is 0.0115. The molecule has 1 aliphatic rings. The van der Waals surface area contributed by atoms with Crippen LogP contribution < -0.4 is 5.32 Å². The number of nitriles is 1. The molecule has 1 saturated heterocycles. The third-order valence-corrected chi connectivity index (χ3v) is 5.01. The third-order valence-electron chi connectivity index (χ3n) is 3.64. The van der Waals surface area contributed by atoms with E-state index in [2.05, 4.69) is 10.3 Å². The predicted octanol–water partition coefficient (Wildman–Crippen LogP) is 1.85. The van der Waals surface area contributed by atoms with Gasteiger partial charge in [0.25, 0.3) is 5.91 Å². The first kappa shape index (κ1) is 18.0. The monoisotopic (exact) mass is 344 g/mol. The molecule has 1 aromatic heterocycles. The van der Waals surface area contributed by atoms with Gasteiger partial charge in [0, 0.05) is 25.0 Å². The standard InChI is InChI=1S/C17H20N4O2S/c1-3-19-15(22)13(11-18)17-21(4-2)16(23)14(24-17)9-8-12-7-5-6-10-20-12/h5-7,10,14H,3-4,8-9H2,1-2H3,(H,19,22). The zero-order valence-electron chi connectivity index (χ0n) is 13.8. The molecular formula is C17H20N4O2S. The summed E-state index contributed by atoms with van der Waals surface area (Å²) < 4.78 is 0. The van der Waals surface area contributed by atoms with Crippen LogP contribution in [0.5, 0.6) is 0 Å². The molecule has 1 aromatic rings. The second-order valence-corrected chi connectivity index (χ2v) is 6.39. The van der Waals surface area contributed by atoms with Crippen molar-refractivity contribution in [2.75, 3.05) is 13.1 Å². The maximum absolute atomic E-state index is 12.6. The van der Waals surface area contributed by atoms with Crippen molar-refractivity contribution in [3.05, 3.63) is 40.7 Å². The van der Waals surface area contributed by atoms with E-state index >= 15 is 0 Å². The highest BCUT2D eigenvalue weighted by Gasteiger charge is 2.38. The van der Waals surface area contributed by atoms with Gasteiger partial charge < -0.3 is 10.2 Å². The molecule has 24 heavy (non-hydrogen) atoms. The van der Waals surface area contributed by atoms with E-state index < -0.39 is 5.91 Å². The molecule has 1 atom stereocenters. The van der Waals surface area contributed by atoms with Crippen LogP contribution in [0.15, 0.2) is 35.0 Å². The van der Waals surface area contributed by atoms with Gasteiger partial charge in [-0.25, -0.2) is 0 Å². The summed E-state index contributed by atoms with van der Waals surface area (Å²) in [6.45, 7) is 4.50. The van der Waals surface area contributed by atoms with Gasteiger partial charge in [0.2, 0.25) is 5.91 Å². The predicted molar refractivity (Wildman–Crippen MR) is 92.6 cm³/mol. The first-order chi connectivity index (χ1) is 11.6. The molecule has 1 fully saturated rings. The van der Waals surface area contributed by atoms with E-state index in [1.165, 1.54) is 16.7 Å². The van der Waals surface area contributed by atoms with Crippen molar-refractivity contribution in [3.63, 3.8) is 0 Å². The Kier molecular flexibility index (Phi) is 6.38. The average molecular weight is 344 g/mol. The van der Waals surface area contributed by atoms with Crippen LogP contribution in [0.3, 0.4) is 0 Å². The van der Waals surface area contributed by atoms with Crippen molar-refractivity contribution in [2.24, 2.45) is 0 Å². The summed E-state index contributed by atoms with van der Waals surface area (Å²) in [5.74, 6) is -0.482. The van der Waals surface area contributed by atoms with Gasteiger partial charge in [0.05, 0.1) is 5.25 Å². The maximum atomic E-state index is 12.6. The van der Waals surface area contributed by atoms with Crippen molar-refractivity contribution >= 4 is 23.6 Å². The summed E-state index contributed by atoms with van der Waals surface area (Å²) in [6, 6.07) is 7.64. The van der Waals surface area contributed by atoms with Gasteiger partial charge >= 0.3 is 0 Å². The summed E-state index contributed by atoms with van der Waals surface area (Å²) in [5.41, 5.74) is 0.938. The summed E-state index contributed by atoms with van der Waals surface area (Å²) in [7, 11) is 0. The minimum atomic E-state index is -0.431. The Morgan fingerprint density at radius 2 is 2.25 bits per heavy atom. The number of carbonyl (C=O) groups is 2. The lowest BCUT2D eigenvalue weighted by molar-refractivity contribution is -0.127. The maximum Gasteiger partial charge on any atom is 0.264 e. The van der Waals surface area contributed by atoms with Gasteiger partial charge in [-0.3, -0.25) is 14.6 Å². The molecule has 6 nitrogen and oxygen atoms in total. The minimum Gasteiger partial charge on any atom is -0.352 e. The number of nitrogens with zero attached hydrogens (tertiary/aromatic N) is 3. The largest absolute Gasteiger partial charge is 0.352 e. The molecule has 2 rings (SSSR count). The fraction of sp³-hybridized carbons (Fsp3) is 0.412. The molecular weight excluding hydrogens is 324 g/mol. The molecule has 1 N–H and O–H groups in total. The highest BCUT2D eigenvalue weighted by molar-refractivity contribution is 8.04. The van der Waals surface area contributed by atoms with Gasteiger partial charge in [0.15, 0.2) is 0 Å². The van der Waals surface area contributed by atoms with E-state index in [0.29, 0.717) is 31.0 Å². The van der Waals surface area contributed by atoms with Crippen LogP contribution in [0.2, 0.25) is 0 Å². The smallest absolute Gasteiger partial charge is 0.264 e. The number of pyridine rings is 1. The number of carbonyl (C=O) groups excluding carboxylic acids is 2. The van der Waals surface area contributed by atoms with Crippen LogP contribution in [-0.2, 0) is 16.0 Å². The Labute approximate surface area is 145 Å². The van der Waals surface area contributed by atoms with Crippen molar-refractivity contribution < 1.29 is 9.59 Å². The number of hydrogen-bond donors (Lipinski definition) is 1. The number of thioether (sulfide) groups is 1. The van der Waals surface area contributed by atoms with Gasteiger partial charge in [0.1, 0.15) is 16.7 Å². The Balaban J connectivity index is 2.18. The third kappa shape index (κ3) is 3.95. The normalized spacial score (nSPS) is 19.1. The fourth-order valence-electron chi connectivity index (χ4n) is 2.47. The molecule has 0 aromatic carbocycles. The highest BCUT2D eigenvalue weighted by Crippen LogP contribution is 2.39. The van der Waals surface area contributed by atoms with Gasteiger partial charge in [-0.15, -0.1) is 0 Å². The summed E-state index contributed by atoms with van der Waals surface area (Å²) in [4.78, 5) is 30.4. The number of likely N-dealkylation sites (N-methyl/N-ethyl adjacent to an activating group) is 1. The van der Waals surface area contributed by atoms with Crippen LogP contribution >= 0.6 is 11.8 Å². The van der Waals surface area contributed by atoms with Crippen molar-refractivity contribution in [1.29, 1.82) is 5.26 Å². The van der Waals surface area contributed by atoms with Crippen LogP contribution in [0.25, 0.3) is 0 Å². The molecule has 1 aliphatic heterocycles. The fourth-order valence-corrected chi connectivity index (χ4v) is 3.80. The highest BCUT2D eigenvalue weighted by atomic mass is 32.2. The summed E-state index contributed by atoms with van der Waals surface area (Å²) in [5, 5.41) is 12.1. The van der Waals surface area contributed by atoms with E-state index in [1.807, 2.05) is 31.2 Å². The molecule has 0 spiro atoms. The van der Waals surface area contributed by atoms with E-state index in [4.69, 9.17) is 0 Å². The molecule has 0 radical (unpaired) electrons. The van der Waals surface area contributed by atoms with E-state index in [-0.39, 0.29) is 16.7 Å². The van der Waals surface area contributed by atoms with E-state index in [0.717, 1.165) is 5.69 Å². The average Bonchev–Trinajstić information content (AvgIpc) is 2.90. The van der Waals surface area contributed by atoms with Crippen LogP contribution in [0.1, 0.15) is 26.0 Å².